The number of rotatable bonds is 5. The first kappa shape index (κ1) is 19.4. The van der Waals surface area contributed by atoms with Crippen LogP contribution < -0.4 is 5.56 Å². The minimum absolute atomic E-state index is 0.0183. The second kappa shape index (κ2) is 7.84. The molecule has 0 saturated heterocycles. The number of hydrogen-bond acceptors (Lipinski definition) is 4. The Balaban J connectivity index is 1.56. The number of aliphatic imine (C=N–C) groups is 1. The van der Waals surface area contributed by atoms with Crippen LogP contribution in [0, 0.1) is 0 Å². The number of aliphatic hydroxyl groups excluding tert-OH is 1. The first-order chi connectivity index (χ1) is 14.0. The van der Waals surface area contributed by atoms with Crippen molar-refractivity contribution in [2.45, 2.75) is 51.7 Å². The third kappa shape index (κ3) is 3.70. The van der Waals surface area contributed by atoms with E-state index in [2.05, 4.69) is 36.0 Å². The maximum Gasteiger partial charge on any atom is 0.248 e. The van der Waals surface area contributed by atoms with Crippen molar-refractivity contribution in [1.82, 2.24) is 4.98 Å². The van der Waals surface area contributed by atoms with E-state index >= 15 is 0 Å². The lowest BCUT2D eigenvalue weighted by atomic mass is 9.97. The molecule has 5 heteroatoms. The van der Waals surface area contributed by atoms with Crippen molar-refractivity contribution in [3.8, 4) is 5.75 Å². The van der Waals surface area contributed by atoms with Gasteiger partial charge in [0.1, 0.15) is 11.9 Å². The van der Waals surface area contributed by atoms with E-state index in [1.807, 2.05) is 0 Å². The van der Waals surface area contributed by atoms with Gasteiger partial charge in [0.05, 0.1) is 11.6 Å². The molecule has 3 aromatic rings. The first-order valence-electron chi connectivity index (χ1n) is 10.2. The van der Waals surface area contributed by atoms with Crippen molar-refractivity contribution in [3.05, 3.63) is 74.6 Å². The summed E-state index contributed by atoms with van der Waals surface area (Å²) in [6, 6.07) is 10.9. The molecule has 1 aliphatic carbocycles. The Labute approximate surface area is 169 Å². The van der Waals surface area contributed by atoms with E-state index in [0.29, 0.717) is 16.5 Å². The largest absolute Gasteiger partial charge is 0.506 e. The van der Waals surface area contributed by atoms with Crippen molar-refractivity contribution in [2.75, 3.05) is 0 Å². The fourth-order valence-corrected chi connectivity index (χ4v) is 4.32. The van der Waals surface area contributed by atoms with Gasteiger partial charge in [-0.1, -0.05) is 32.0 Å². The van der Waals surface area contributed by atoms with Crippen LogP contribution in [0.25, 0.3) is 10.9 Å². The van der Waals surface area contributed by atoms with Crippen LogP contribution >= 0.6 is 0 Å². The second-order valence-corrected chi connectivity index (χ2v) is 7.69. The van der Waals surface area contributed by atoms with E-state index in [-0.39, 0.29) is 17.4 Å². The molecule has 1 atom stereocenters. The first-order valence-corrected chi connectivity index (χ1v) is 10.2. The lowest BCUT2D eigenvalue weighted by molar-refractivity contribution is 0.253. The van der Waals surface area contributed by atoms with Crippen LogP contribution in [0.1, 0.15) is 47.8 Å². The van der Waals surface area contributed by atoms with Gasteiger partial charge in [0.25, 0.3) is 0 Å². The highest BCUT2D eigenvalue weighted by atomic mass is 16.3. The number of benzene rings is 2. The summed E-state index contributed by atoms with van der Waals surface area (Å²) in [5.74, 6) is -0.0183. The molecule has 0 bridgehead atoms. The molecule has 1 aromatic heterocycles. The maximum absolute atomic E-state index is 11.6. The number of hydrogen-bond donors (Lipinski definition) is 3. The van der Waals surface area contributed by atoms with Gasteiger partial charge in [-0.3, -0.25) is 9.79 Å². The molecule has 0 saturated carbocycles. The van der Waals surface area contributed by atoms with Crippen molar-refractivity contribution in [3.63, 3.8) is 0 Å². The standard InChI is InChI=1S/C24H26N2O3/c1-3-14-9-16-11-18(12-17(16)10-15(14)4-2)25-13-22(28)19-5-7-21(27)24-20(19)6-8-23(29)26-24/h5-10,13,18,22,27-28H,3-4,11-12H2,1-2H3,(H,26,29)/t22-/m0/s1. The summed E-state index contributed by atoms with van der Waals surface area (Å²) in [6.45, 7) is 4.38. The third-order valence-corrected chi connectivity index (χ3v) is 5.86. The Morgan fingerprint density at radius 3 is 2.38 bits per heavy atom. The normalized spacial score (nSPS) is 15.3. The molecule has 2 aromatic carbocycles. The van der Waals surface area contributed by atoms with E-state index in [0.717, 1.165) is 25.7 Å². The number of aromatic hydroxyl groups is 1. The molecular formula is C24H26N2O3. The number of nitrogens with zero attached hydrogens (tertiary/aromatic N) is 1. The number of aromatic nitrogens is 1. The van der Waals surface area contributed by atoms with Crippen LogP contribution in [-0.4, -0.2) is 27.5 Å². The summed E-state index contributed by atoms with van der Waals surface area (Å²) in [5.41, 5.74) is 6.20. The number of H-pyrrole nitrogens is 1. The monoisotopic (exact) mass is 390 g/mol. The van der Waals surface area contributed by atoms with Gasteiger partial charge < -0.3 is 15.2 Å². The van der Waals surface area contributed by atoms with Gasteiger partial charge >= 0.3 is 0 Å². The summed E-state index contributed by atoms with van der Waals surface area (Å²) in [6.07, 6.45) is 4.52. The molecule has 0 fully saturated rings. The van der Waals surface area contributed by atoms with Gasteiger partial charge in [-0.25, -0.2) is 0 Å². The van der Waals surface area contributed by atoms with Gasteiger partial charge in [-0.05, 0) is 65.6 Å². The van der Waals surface area contributed by atoms with Crippen LogP contribution in [0.15, 0.2) is 46.2 Å². The lowest BCUT2D eigenvalue weighted by Crippen LogP contribution is -2.08. The maximum atomic E-state index is 11.6. The molecule has 3 N–H and O–H groups in total. The summed E-state index contributed by atoms with van der Waals surface area (Å²) < 4.78 is 0. The fourth-order valence-electron chi connectivity index (χ4n) is 4.32. The molecule has 0 unspecified atom stereocenters. The summed E-state index contributed by atoms with van der Waals surface area (Å²) in [5, 5.41) is 21.3. The highest BCUT2D eigenvalue weighted by Gasteiger charge is 2.22. The van der Waals surface area contributed by atoms with Gasteiger partial charge in [-0.2, -0.15) is 0 Å². The van der Waals surface area contributed by atoms with Crippen LogP contribution in [0.2, 0.25) is 0 Å². The number of fused-ring (bicyclic) bond motifs is 2. The molecule has 29 heavy (non-hydrogen) atoms. The summed E-state index contributed by atoms with van der Waals surface area (Å²) >= 11 is 0. The highest BCUT2D eigenvalue weighted by Crippen LogP contribution is 2.30. The minimum atomic E-state index is -0.912. The Bertz CT molecular complexity index is 1110. The predicted molar refractivity (Wildman–Crippen MR) is 116 cm³/mol. The molecular weight excluding hydrogens is 364 g/mol. The number of phenolic OH excluding ortho intramolecular Hbond substituents is 1. The van der Waals surface area contributed by atoms with Gasteiger partial charge in [0.15, 0.2) is 0 Å². The predicted octanol–water partition coefficient (Wildman–Crippen LogP) is 3.63. The Hall–Kier alpha value is -2.92. The van der Waals surface area contributed by atoms with Crippen LogP contribution in [-0.2, 0) is 25.7 Å². The van der Waals surface area contributed by atoms with Crippen molar-refractivity contribution in [2.24, 2.45) is 4.99 Å². The molecule has 0 amide bonds. The van der Waals surface area contributed by atoms with Gasteiger partial charge in [-0.15, -0.1) is 0 Å². The Morgan fingerprint density at radius 1 is 1.10 bits per heavy atom. The number of pyridine rings is 1. The van der Waals surface area contributed by atoms with E-state index in [9.17, 15) is 15.0 Å². The van der Waals surface area contributed by atoms with Crippen molar-refractivity contribution >= 4 is 17.1 Å². The average Bonchev–Trinajstić information content (AvgIpc) is 3.13. The highest BCUT2D eigenvalue weighted by molar-refractivity contribution is 5.89. The van der Waals surface area contributed by atoms with Crippen molar-refractivity contribution < 1.29 is 10.2 Å². The van der Waals surface area contributed by atoms with E-state index < -0.39 is 6.10 Å². The molecule has 5 nitrogen and oxygen atoms in total. The number of nitrogens with one attached hydrogen (secondary N) is 1. The smallest absolute Gasteiger partial charge is 0.248 e. The number of aromatic amines is 1. The quantitative estimate of drug-likeness (QED) is 0.582. The number of aryl methyl sites for hydroxylation is 2. The van der Waals surface area contributed by atoms with Crippen LogP contribution in [0.3, 0.4) is 0 Å². The fraction of sp³-hybridized carbons (Fsp3) is 0.333. The van der Waals surface area contributed by atoms with Crippen molar-refractivity contribution in [1.29, 1.82) is 0 Å². The van der Waals surface area contributed by atoms with E-state index in [1.165, 1.54) is 34.4 Å². The molecule has 0 aliphatic heterocycles. The Kier molecular flexibility index (Phi) is 5.24. The zero-order valence-corrected chi connectivity index (χ0v) is 16.8. The molecule has 0 spiro atoms. The summed E-state index contributed by atoms with van der Waals surface area (Å²) in [4.78, 5) is 18.8. The Morgan fingerprint density at radius 2 is 1.76 bits per heavy atom. The third-order valence-electron chi connectivity index (χ3n) is 5.86. The topological polar surface area (TPSA) is 85.7 Å². The van der Waals surface area contributed by atoms with Gasteiger partial charge in [0, 0.05) is 17.7 Å². The minimum Gasteiger partial charge on any atom is -0.506 e. The number of aliphatic hydroxyl groups is 1. The van der Waals surface area contributed by atoms with Crippen LogP contribution in [0.4, 0.5) is 0 Å². The molecule has 1 aliphatic rings. The van der Waals surface area contributed by atoms with E-state index in [1.54, 1.807) is 18.3 Å². The SMILES string of the molecule is CCc1cc2c(cc1CC)CC(N=C[C@H](O)c1ccc(O)c3[nH]c(=O)ccc13)C2. The molecule has 150 valence electrons. The molecule has 1 heterocycles. The zero-order chi connectivity index (χ0) is 20.5. The average molecular weight is 390 g/mol. The second-order valence-electron chi connectivity index (χ2n) is 7.69. The number of phenols is 1. The lowest BCUT2D eigenvalue weighted by Gasteiger charge is -2.11. The molecule has 0 radical (unpaired) electrons. The van der Waals surface area contributed by atoms with Crippen LogP contribution in [0.5, 0.6) is 5.75 Å². The van der Waals surface area contributed by atoms with E-state index in [4.69, 9.17) is 0 Å². The van der Waals surface area contributed by atoms with Gasteiger partial charge in [0.2, 0.25) is 5.56 Å². The molecule has 4 rings (SSSR count). The summed E-state index contributed by atoms with van der Waals surface area (Å²) in [7, 11) is 0. The zero-order valence-electron chi connectivity index (χ0n) is 16.8.